The molecule has 1 amide bonds. The molecule has 37 heavy (non-hydrogen) atoms. The zero-order valence-corrected chi connectivity index (χ0v) is 21.5. The highest BCUT2D eigenvalue weighted by atomic mass is 16.5. The van der Waals surface area contributed by atoms with Crippen LogP contribution in [0.2, 0.25) is 0 Å². The van der Waals surface area contributed by atoms with E-state index in [9.17, 15) is 14.7 Å². The zero-order valence-electron chi connectivity index (χ0n) is 21.5. The van der Waals surface area contributed by atoms with Gasteiger partial charge in [-0.3, -0.25) is 9.59 Å². The Bertz CT molecular complexity index is 1270. The summed E-state index contributed by atoms with van der Waals surface area (Å²) < 4.78 is 11.6. The van der Waals surface area contributed by atoms with E-state index in [2.05, 4.69) is 13.8 Å². The van der Waals surface area contributed by atoms with E-state index in [4.69, 9.17) is 9.47 Å². The van der Waals surface area contributed by atoms with Gasteiger partial charge in [0.25, 0.3) is 11.7 Å². The maximum Gasteiger partial charge on any atom is 0.295 e. The molecule has 1 heterocycles. The number of ether oxygens (including phenoxy) is 2. The van der Waals surface area contributed by atoms with Gasteiger partial charge in [-0.05, 0) is 42.0 Å². The molecule has 1 N–H and O–H groups in total. The Morgan fingerprint density at radius 3 is 2.27 bits per heavy atom. The minimum atomic E-state index is -0.762. The summed E-state index contributed by atoms with van der Waals surface area (Å²) in [7, 11) is 1.56. The molecule has 1 saturated heterocycles. The minimum Gasteiger partial charge on any atom is -0.507 e. The molecule has 0 aromatic heterocycles. The van der Waals surface area contributed by atoms with Crippen molar-refractivity contribution in [3.8, 4) is 11.5 Å². The molecule has 1 aliphatic heterocycles. The first kappa shape index (κ1) is 26.0. The number of hydrogen-bond acceptors (Lipinski definition) is 5. The monoisotopic (exact) mass is 499 g/mol. The lowest BCUT2D eigenvalue weighted by Crippen LogP contribution is -2.31. The van der Waals surface area contributed by atoms with Crippen molar-refractivity contribution in [2.24, 2.45) is 5.92 Å². The van der Waals surface area contributed by atoms with Crippen LogP contribution in [0.3, 0.4) is 0 Å². The summed E-state index contributed by atoms with van der Waals surface area (Å²) in [5.41, 5.74) is 2.27. The van der Waals surface area contributed by atoms with Crippen molar-refractivity contribution < 1.29 is 24.2 Å². The van der Waals surface area contributed by atoms with Gasteiger partial charge in [-0.2, -0.15) is 0 Å². The second kappa shape index (κ2) is 11.8. The van der Waals surface area contributed by atoms with E-state index >= 15 is 0 Å². The average molecular weight is 500 g/mol. The van der Waals surface area contributed by atoms with Gasteiger partial charge < -0.3 is 19.5 Å². The lowest BCUT2D eigenvalue weighted by Gasteiger charge is -2.26. The zero-order chi connectivity index (χ0) is 26.4. The van der Waals surface area contributed by atoms with Crippen molar-refractivity contribution >= 4 is 17.4 Å². The molecule has 0 spiro atoms. The van der Waals surface area contributed by atoms with Crippen molar-refractivity contribution in [1.82, 2.24) is 4.90 Å². The van der Waals surface area contributed by atoms with E-state index in [1.807, 2.05) is 42.5 Å². The number of carbonyl (C=O) groups excluding carboxylic acids is 2. The average Bonchev–Trinajstić information content (AvgIpc) is 3.17. The molecule has 192 valence electrons. The number of benzene rings is 3. The van der Waals surface area contributed by atoms with Crippen LogP contribution in [-0.4, -0.2) is 42.0 Å². The van der Waals surface area contributed by atoms with Crippen molar-refractivity contribution in [1.29, 1.82) is 0 Å². The van der Waals surface area contributed by atoms with Crippen LogP contribution in [-0.2, 0) is 16.0 Å². The number of likely N-dealkylation sites (tertiary alicyclic amines) is 1. The third-order valence-corrected chi connectivity index (χ3v) is 6.53. The predicted octanol–water partition coefficient (Wildman–Crippen LogP) is 5.78. The molecule has 0 unspecified atom stereocenters. The summed E-state index contributed by atoms with van der Waals surface area (Å²) in [5, 5.41) is 11.2. The molecule has 6 nitrogen and oxygen atoms in total. The number of carbonyl (C=O) groups is 2. The number of amides is 1. The van der Waals surface area contributed by atoms with Crippen LogP contribution in [0, 0.1) is 5.92 Å². The van der Waals surface area contributed by atoms with Crippen molar-refractivity contribution in [2.75, 3.05) is 20.3 Å². The van der Waals surface area contributed by atoms with Crippen LogP contribution >= 0.6 is 0 Å². The van der Waals surface area contributed by atoms with Crippen LogP contribution < -0.4 is 9.47 Å². The first-order chi connectivity index (χ1) is 17.9. The van der Waals surface area contributed by atoms with Gasteiger partial charge in [-0.15, -0.1) is 0 Å². The second-order valence-corrected chi connectivity index (χ2v) is 9.54. The van der Waals surface area contributed by atoms with Crippen molar-refractivity contribution in [3.63, 3.8) is 0 Å². The standard InChI is InChI=1S/C31H33NO5/c1-21(2)17-19-37-25-15-14-24(20-26(25)36-3)28-27(29(33)23-12-8-5-9-13-23)30(34)31(35)32(28)18-16-22-10-6-4-7-11-22/h4-15,20-21,28,33H,16-19H2,1-3H3/t28-/m1/s1. The molecule has 0 radical (unpaired) electrons. The van der Waals surface area contributed by atoms with E-state index in [0.29, 0.717) is 48.1 Å². The van der Waals surface area contributed by atoms with Crippen LogP contribution in [0.1, 0.15) is 43.0 Å². The van der Waals surface area contributed by atoms with Crippen LogP contribution in [0.25, 0.3) is 5.76 Å². The smallest absolute Gasteiger partial charge is 0.295 e. The first-order valence-corrected chi connectivity index (χ1v) is 12.6. The second-order valence-electron chi connectivity index (χ2n) is 9.54. The van der Waals surface area contributed by atoms with E-state index < -0.39 is 17.7 Å². The molecule has 3 aromatic carbocycles. The SMILES string of the molecule is COc1cc([C@@H]2C(=C(O)c3ccccc3)C(=O)C(=O)N2CCc2ccccc2)ccc1OCCC(C)C. The van der Waals surface area contributed by atoms with Gasteiger partial charge in [-0.25, -0.2) is 0 Å². The van der Waals surface area contributed by atoms with Crippen molar-refractivity contribution in [2.45, 2.75) is 32.7 Å². The summed E-state index contributed by atoms with van der Waals surface area (Å²) in [4.78, 5) is 28.1. The number of rotatable bonds is 10. The Morgan fingerprint density at radius 1 is 0.946 bits per heavy atom. The van der Waals surface area contributed by atoms with Gasteiger partial charge in [0.05, 0.1) is 25.3 Å². The number of nitrogens with zero attached hydrogens (tertiary/aromatic N) is 1. The summed E-state index contributed by atoms with van der Waals surface area (Å²) in [6, 6.07) is 23.3. The number of Topliss-reactive ketones (excluding diaryl/α,β-unsaturated/α-hetero) is 1. The largest absolute Gasteiger partial charge is 0.507 e. The lowest BCUT2D eigenvalue weighted by atomic mass is 9.95. The third-order valence-electron chi connectivity index (χ3n) is 6.53. The van der Waals surface area contributed by atoms with E-state index in [1.54, 1.807) is 43.5 Å². The Hall–Kier alpha value is -4.06. The Kier molecular flexibility index (Phi) is 8.29. The summed E-state index contributed by atoms with van der Waals surface area (Å²) in [6.07, 6.45) is 1.48. The molecule has 0 bridgehead atoms. The molecular formula is C31H33NO5. The summed E-state index contributed by atoms with van der Waals surface area (Å²) >= 11 is 0. The summed E-state index contributed by atoms with van der Waals surface area (Å²) in [5.74, 6) is 0.0890. The maximum absolute atomic E-state index is 13.3. The Morgan fingerprint density at radius 2 is 1.62 bits per heavy atom. The van der Waals surface area contributed by atoms with E-state index in [1.165, 1.54) is 4.90 Å². The van der Waals surface area contributed by atoms with Gasteiger partial charge >= 0.3 is 0 Å². The molecule has 4 rings (SSSR count). The fourth-order valence-corrected chi connectivity index (χ4v) is 4.48. The van der Waals surface area contributed by atoms with E-state index in [-0.39, 0.29) is 11.3 Å². The van der Waals surface area contributed by atoms with Gasteiger partial charge in [-0.1, -0.05) is 80.6 Å². The predicted molar refractivity (Wildman–Crippen MR) is 144 cm³/mol. The number of aliphatic hydroxyl groups is 1. The molecule has 6 heteroatoms. The van der Waals surface area contributed by atoms with E-state index in [0.717, 1.165) is 12.0 Å². The van der Waals surface area contributed by atoms with Gasteiger partial charge in [0.15, 0.2) is 11.5 Å². The molecule has 0 saturated carbocycles. The molecule has 0 aliphatic carbocycles. The Balaban J connectivity index is 1.75. The van der Waals surface area contributed by atoms with Crippen LogP contribution in [0.5, 0.6) is 11.5 Å². The quantitative estimate of drug-likeness (QED) is 0.217. The summed E-state index contributed by atoms with van der Waals surface area (Å²) in [6.45, 7) is 5.14. The van der Waals surface area contributed by atoms with Crippen molar-refractivity contribution in [3.05, 3.63) is 101 Å². The van der Waals surface area contributed by atoms with Crippen LogP contribution in [0.15, 0.2) is 84.4 Å². The highest BCUT2D eigenvalue weighted by Gasteiger charge is 2.46. The molecular weight excluding hydrogens is 466 g/mol. The minimum absolute atomic E-state index is 0.0693. The highest BCUT2D eigenvalue weighted by molar-refractivity contribution is 6.46. The third kappa shape index (κ3) is 5.85. The molecule has 1 aliphatic rings. The highest BCUT2D eigenvalue weighted by Crippen LogP contribution is 2.42. The lowest BCUT2D eigenvalue weighted by molar-refractivity contribution is -0.139. The van der Waals surface area contributed by atoms with Gasteiger partial charge in [0.2, 0.25) is 0 Å². The maximum atomic E-state index is 13.3. The molecule has 3 aromatic rings. The number of methoxy groups -OCH3 is 1. The fourth-order valence-electron chi connectivity index (χ4n) is 4.48. The first-order valence-electron chi connectivity index (χ1n) is 12.6. The normalized spacial score (nSPS) is 16.9. The molecule has 1 atom stereocenters. The number of hydrogen-bond donors (Lipinski definition) is 1. The number of aliphatic hydroxyl groups excluding tert-OH is 1. The molecule has 1 fully saturated rings. The van der Waals surface area contributed by atoms with Gasteiger partial charge in [0, 0.05) is 12.1 Å². The van der Waals surface area contributed by atoms with Crippen LogP contribution in [0.4, 0.5) is 0 Å². The fraction of sp³-hybridized carbons (Fsp3) is 0.290. The van der Waals surface area contributed by atoms with Gasteiger partial charge in [0.1, 0.15) is 5.76 Å². The Labute approximate surface area is 218 Å². The number of ketones is 1. The topological polar surface area (TPSA) is 76.1 Å².